The van der Waals surface area contributed by atoms with E-state index in [0.29, 0.717) is 17.3 Å². The maximum absolute atomic E-state index is 12.2. The third-order valence-electron chi connectivity index (χ3n) is 3.82. The van der Waals surface area contributed by atoms with Crippen LogP contribution in [0.5, 0.6) is 5.75 Å². The number of ether oxygens (including phenoxy) is 1. The Labute approximate surface area is 167 Å². The number of nitrogens with one attached hydrogen (secondary N) is 1. The van der Waals surface area contributed by atoms with Gasteiger partial charge in [-0.1, -0.05) is 29.4 Å². The van der Waals surface area contributed by atoms with E-state index in [9.17, 15) is 4.79 Å². The van der Waals surface area contributed by atoms with E-state index in [1.165, 1.54) is 11.8 Å². The average molecular weight is 402 g/mol. The molecule has 0 aliphatic heterocycles. The summed E-state index contributed by atoms with van der Waals surface area (Å²) < 4.78 is 7.41. The number of rotatable bonds is 7. The van der Waals surface area contributed by atoms with Crippen molar-refractivity contribution in [3.63, 3.8) is 0 Å². The minimum absolute atomic E-state index is 0.110. The van der Waals surface area contributed by atoms with Gasteiger partial charge in [0.25, 0.3) is 0 Å². The maximum Gasteiger partial charge on any atom is 0.234 e. The first-order valence-electron chi connectivity index (χ1n) is 8.52. The molecular formula is C20H20ClN3O2S. The standard InChI is InChI=1S/C20H20ClN3O2S/c1-3-26-17-8-6-16(7-9-17)24-11-10-22-20(24)27-13-19(25)23-15-5-4-14(2)18(21)12-15/h4-12H,3,13H2,1-2H3,(H,23,25). The molecule has 0 unspecified atom stereocenters. The van der Waals surface area contributed by atoms with Crippen LogP contribution < -0.4 is 10.1 Å². The molecule has 0 radical (unpaired) electrons. The molecule has 0 atom stereocenters. The summed E-state index contributed by atoms with van der Waals surface area (Å²) in [4.78, 5) is 16.6. The van der Waals surface area contributed by atoms with E-state index in [4.69, 9.17) is 16.3 Å². The Hall–Kier alpha value is -2.44. The molecule has 0 saturated carbocycles. The van der Waals surface area contributed by atoms with E-state index in [-0.39, 0.29) is 11.7 Å². The van der Waals surface area contributed by atoms with Gasteiger partial charge in [-0.25, -0.2) is 4.98 Å². The van der Waals surface area contributed by atoms with Crippen LogP contribution in [0.1, 0.15) is 12.5 Å². The molecule has 1 heterocycles. The van der Waals surface area contributed by atoms with Crippen LogP contribution in [-0.4, -0.2) is 27.8 Å². The van der Waals surface area contributed by atoms with Crippen molar-refractivity contribution in [2.75, 3.05) is 17.7 Å². The van der Waals surface area contributed by atoms with E-state index < -0.39 is 0 Å². The summed E-state index contributed by atoms with van der Waals surface area (Å²) in [6, 6.07) is 13.2. The molecule has 1 amide bonds. The van der Waals surface area contributed by atoms with Crippen molar-refractivity contribution in [1.29, 1.82) is 0 Å². The molecule has 5 nitrogen and oxygen atoms in total. The molecule has 0 aliphatic rings. The Kier molecular flexibility index (Phi) is 6.42. The lowest BCUT2D eigenvalue weighted by atomic mass is 10.2. The second kappa shape index (κ2) is 8.97. The Morgan fingerprint density at radius 1 is 1.26 bits per heavy atom. The first-order valence-corrected chi connectivity index (χ1v) is 9.88. The zero-order valence-electron chi connectivity index (χ0n) is 15.1. The number of nitrogens with zero attached hydrogens (tertiary/aromatic N) is 2. The quantitative estimate of drug-likeness (QED) is 0.568. The van der Waals surface area contributed by atoms with Gasteiger partial charge in [0.1, 0.15) is 5.75 Å². The monoisotopic (exact) mass is 401 g/mol. The zero-order chi connectivity index (χ0) is 19.2. The van der Waals surface area contributed by atoms with Gasteiger partial charge in [0.05, 0.1) is 12.4 Å². The molecule has 2 aromatic carbocycles. The van der Waals surface area contributed by atoms with Crippen LogP contribution >= 0.6 is 23.4 Å². The van der Waals surface area contributed by atoms with Gasteiger partial charge in [0, 0.05) is 28.8 Å². The van der Waals surface area contributed by atoms with Crippen molar-refractivity contribution in [2.45, 2.75) is 19.0 Å². The highest BCUT2D eigenvalue weighted by molar-refractivity contribution is 7.99. The zero-order valence-corrected chi connectivity index (χ0v) is 16.7. The fourth-order valence-electron chi connectivity index (χ4n) is 2.46. The summed E-state index contributed by atoms with van der Waals surface area (Å²) in [6.45, 7) is 4.51. The topological polar surface area (TPSA) is 56.2 Å². The fourth-order valence-corrected chi connectivity index (χ4v) is 3.41. The molecule has 1 aromatic heterocycles. The number of aryl methyl sites for hydroxylation is 1. The Balaban J connectivity index is 1.62. The predicted octanol–water partition coefficient (Wildman–Crippen LogP) is 4.96. The highest BCUT2D eigenvalue weighted by Crippen LogP contribution is 2.23. The molecule has 27 heavy (non-hydrogen) atoms. The number of thioether (sulfide) groups is 1. The normalized spacial score (nSPS) is 10.6. The van der Waals surface area contributed by atoms with Gasteiger partial charge in [0.15, 0.2) is 5.16 Å². The summed E-state index contributed by atoms with van der Waals surface area (Å²) in [5.41, 5.74) is 2.62. The summed E-state index contributed by atoms with van der Waals surface area (Å²) in [5, 5.41) is 4.23. The van der Waals surface area contributed by atoms with E-state index in [0.717, 1.165) is 22.2 Å². The molecule has 0 saturated heterocycles. The maximum atomic E-state index is 12.2. The largest absolute Gasteiger partial charge is 0.494 e. The van der Waals surface area contributed by atoms with Crippen molar-refractivity contribution >= 4 is 35.0 Å². The molecule has 140 valence electrons. The number of benzene rings is 2. The first-order chi connectivity index (χ1) is 13.1. The van der Waals surface area contributed by atoms with E-state index >= 15 is 0 Å². The highest BCUT2D eigenvalue weighted by atomic mass is 35.5. The number of amides is 1. The third-order valence-corrected chi connectivity index (χ3v) is 5.19. The number of anilines is 1. The number of imidazole rings is 1. The molecule has 3 aromatic rings. The summed E-state index contributed by atoms with van der Waals surface area (Å²) >= 11 is 7.47. The van der Waals surface area contributed by atoms with Crippen molar-refractivity contribution in [3.05, 3.63) is 65.4 Å². The lowest BCUT2D eigenvalue weighted by molar-refractivity contribution is -0.113. The third kappa shape index (κ3) is 5.05. The minimum atomic E-state index is -0.110. The molecule has 7 heteroatoms. The van der Waals surface area contributed by atoms with Gasteiger partial charge >= 0.3 is 0 Å². The van der Waals surface area contributed by atoms with Gasteiger partial charge in [-0.2, -0.15) is 0 Å². The van der Waals surface area contributed by atoms with Gasteiger partial charge < -0.3 is 10.1 Å². The van der Waals surface area contributed by atoms with Crippen LogP contribution in [0.4, 0.5) is 5.69 Å². The van der Waals surface area contributed by atoms with Crippen molar-refractivity contribution in [1.82, 2.24) is 9.55 Å². The number of hydrogen-bond acceptors (Lipinski definition) is 4. The number of hydrogen-bond donors (Lipinski definition) is 1. The van der Waals surface area contributed by atoms with E-state index in [2.05, 4.69) is 10.3 Å². The second-order valence-electron chi connectivity index (χ2n) is 5.81. The SMILES string of the molecule is CCOc1ccc(-n2ccnc2SCC(=O)Nc2ccc(C)c(Cl)c2)cc1. The van der Waals surface area contributed by atoms with E-state index in [1.807, 2.05) is 61.0 Å². The van der Waals surface area contributed by atoms with Crippen LogP contribution in [0.3, 0.4) is 0 Å². The number of carbonyl (C=O) groups is 1. The van der Waals surface area contributed by atoms with Gasteiger partial charge in [-0.05, 0) is 55.8 Å². The molecular weight excluding hydrogens is 382 g/mol. The molecule has 0 aliphatic carbocycles. The molecule has 0 spiro atoms. The second-order valence-corrected chi connectivity index (χ2v) is 7.16. The molecule has 1 N–H and O–H groups in total. The number of carbonyl (C=O) groups excluding carboxylic acids is 1. The first kappa shape index (κ1) is 19.3. The van der Waals surface area contributed by atoms with Gasteiger partial charge in [-0.15, -0.1) is 0 Å². The van der Waals surface area contributed by atoms with Crippen molar-refractivity contribution in [2.24, 2.45) is 0 Å². The van der Waals surface area contributed by atoms with Crippen LogP contribution in [0.2, 0.25) is 5.02 Å². The van der Waals surface area contributed by atoms with Gasteiger partial charge in [0.2, 0.25) is 5.91 Å². The predicted molar refractivity (Wildman–Crippen MR) is 110 cm³/mol. The Bertz CT molecular complexity index is 925. The van der Waals surface area contributed by atoms with Gasteiger partial charge in [-0.3, -0.25) is 9.36 Å². The lowest BCUT2D eigenvalue weighted by Gasteiger charge is -2.09. The molecule has 0 fully saturated rings. The lowest BCUT2D eigenvalue weighted by Crippen LogP contribution is -2.14. The van der Waals surface area contributed by atoms with E-state index in [1.54, 1.807) is 12.3 Å². The van der Waals surface area contributed by atoms with Crippen molar-refractivity contribution < 1.29 is 9.53 Å². The minimum Gasteiger partial charge on any atom is -0.494 e. The average Bonchev–Trinajstić information content (AvgIpc) is 3.13. The fraction of sp³-hybridized carbons (Fsp3) is 0.200. The van der Waals surface area contributed by atoms with Crippen LogP contribution in [-0.2, 0) is 4.79 Å². The Morgan fingerprint density at radius 2 is 2.04 bits per heavy atom. The number of aromatic nitrogens is 2. The van der Waals surface area contributed by atoms with Crippen LogP contribution in [0.25, 0.3) is 5.69 Å². The molecule has 0 bridgehead atoms. The smallest absolute Gasteiger partial charge is 0.234 e. The summed E-state index contributed by atoms with van der Waals surface area (Å²) in [5.74, 6) is 0.965. The summed E-state index contributed by atoms with van der Waals surface area (Å²) in [6.07, 6.45) is 3.59. The van der Waals surface area contributed by atoms with Crippen LogP contribution in [0, 0.1) is 6.92 Å². The Morgan fingerprint density at radius 3 is 2.74 bits per heavy atom. The molecule has 3 rings (SSSR count). The highest BCUT2D eigenvalue weighted by Gasteiger charge is 2.10. The number of halogens is 1. The van der Waals surface area contributed by atoms with Crippen molar-refractivity contribution in [3.8, 4) is 11.4 Å². The van der Waals surface area contributed by atoms with Crippen LogP contribution in [0.15, 0.2) is 60.0 Å². The summed E-state index contributed by atoms with van der Waals surface area (Å²) in [7, 11) is 0.